The SMILES string of the molecule is CN(CCCCCO)CCN1C(=O)CNC1=O. The van der Waals surface area contributed by atoms with Crippen molar-refractivity contribution in [2.45, 2.75) is 19.3 Å². The zero-order valence-corrected chi connectivity index (χ0v) is 10.3. The lowest BCUT2D eigenvalue weighted by Crippen LogP contribution is -2.37. The van der Waals surface area contributed by atoms with E-state index in [1.54, 1.807) is 0 Å². The molecule has 0 aromatic rings. The van der Waals surface area contributed by atoms with Gasteiger partial charge in [-0.1, -0.05) is 0 Å². The number of aliphatic hydroxyl groups is 1. The third-order valence-corrected chi connectivity index (χ3v) is 2.84. The van der Waals surface area contributed by atoms with Crippen LogP contribution in [0.25, 0.3) is 0 Å². The van der Waals surface area contributed by atoms with Gasteiger partial charge in [-0.2, -0.15) is 0 Å². The lowest BCUT2D eigenvalue weighted by atomic mass is 10.2. The van der Waals surface area contributed by atoms with Crippen LogP contribution in [-0.2, 0) is 4.79 Å². The Morgan fingerprint density at radius 2 is 2.06 bits per heavy atom. The molecule has 1 fully saturated rings. The van der Waals surface area contributed by atoms with Crippen LogP contribution in [0.1, 0.15) is 19.3 Å². The number of amides is 3. The highest BCUT2D eigenvalue weighted by atomic mass is 16.3. The lowest BCUT2D eigenvalue weighted by molar-refractivity contribution is -0.125. The van der Waals surface area contributed by atoms with Gasteiger partial charge in [0.05, 0.1) is 6.54 Å². The zero-order chi connectivity index (χ0) is 12.7. The molecule has 1 saturated heterocycles. The summed E-state index contributed by atoms with van der Waals surface area (Å²) in [5.41, 5.74) is 0. The number of carbonyl (C=O) groups is 2. The van der Waals surface area contributed by atoms with Gasteiger partial charge in [0.2, 0.25) is 5.91 Å². The molecule has 98 valence electrons. The molecule has 0 saturated carbocycles. The lowest BCUT2D eigenvalue weighted by Gasteiger charge is -2.19. The summed E-state index contributed by atoms with van der Waals surface area (Å²) < 4.78 is 0. The van der Waals surface area contributed by atoms with Crippen molar-refractivity contribution in [3.63, 3.8) is 0 Å². The molecule has 0 radical (unpaired) electrons. The van der Waals surface area contributed by atoms with Crippen LogP contribution in [0.15, 0.2) is 0 Å². The number of hydrogen-bond donors (Lipinski definition) is 2. The van der Waals surface area contributed by atoms with Crippen LogP contribution in [0, 0.1) is 0 Å². The largest absolute Gasteiger partial charge is 0.396 e. The fraction of sp³-hybridized carbons (Fsp3) is 0.818. The minimum Gasteiger partial charge on any atom is -0.396 e. The number of aliphatic hydroxyl groups excluding tert-OH is 1. The molecule has 0 unspecified atom stereocenters. The molecule has 3 amide bonds. The van der Waals surface area contributed by atoms with Crippen molar-refractivity contribution in [1.82, 2.24) is 15.1 Å². The molecule has 1 rings (SSSR count). The van der Waals surface area contributed by atoms with Gasteiger partial charge in [0.25, 0.3) is 0 Å². The predicted octanol–water partition coefficient (Wildman–Crippen LogP) is -0.367. The number of carbonyl (C=O) groups excluding carboxylic acids is 2. The van der Waals surface area contributed by atoms with Crippen LogP contribution in [0.4, 0.5) is 4.79 Å². The Labute approximate surface area is 102 Å². The quantitative estimate of drug-likeness (QED) is 0.451. The molecule has 1 aliphatic heterocycles. The van der Waals surface area contributed by atoms with E-state index in [-0.39, 0.29) is 25.1 Å². The molecule has 1 heterocycles. The molecule has 1 aliphatic rings. The van der Waals surface area contributed by atoms with E-state index in [1.807, 2.05) is 7.05 Å². The molecule has 0 aromatic heterocycles. The summed E-state index contributed by atoms with van der Waals surface area (Å²) in [6.07, 6.45) is 2.86. The molecule has 2 N–H and O–H groups in total. The molecule has 6 nitrogen and oxygen atoms in total. The number of hydrogen-bond acceptors (Lipinski definition) is 4. The predicted molar refractivity (Wildman–Crippen MR) is 63.5 cm³/mol. The zero-order valence-electron chi connectivity index (χ0n) is 10.3. The van der Waals surface area contributed by atoms with E-state index in [1.165, 1.54) is 4.90 Å². The average Bonchev–Trinajstić information content (AvgIpc) is 2.62. The van der Waals surface area contributed by atoms with Gasteiger partial charge in [-0.05, 0) is 32.9 Å². The molecular formula is C11H21N3O3. The fourth-order valence-electron chi connectivity index (χ4n) is 1.73. The molecule has 0 spiro atoms. The fourth-order valence-corrected chi connectivity index (χ4v) is 1.73. The van der Waals surface area contributed by atoms with Crippen molar-refractivity contribution in [2.75, 3.05) is 39.8 Å². The highest BCUT2D eigenvalue weighted by Crippen LogP contribution is 2.00. The molecular weight excluding hydrogens is 222 g/mol. The molecule has 0 bridgehead atoms. The minimum atomic E-state index is -0.288. The van der Waals surface area contributed by atoms with Crippen molar-refractivity contribution in [2.24, 2.45) is 0 Å². The summed E-state index contributed by atoms with van der Waals surface area (Å²) in [5.74, 6) is -0.149. The number of likely N-dealkylation sites (N-methyl/N-ethyl adjacent to an activating group) is 1. The topological polar surface area (TPSA) is 72.9 Å². The first-order chi connectivity index (χ1) is 8.15. The summed E-state index contributed by atoms with van der Waals surface area (Å²) in [7, 11) is 1.97. The van der Waals surface area contributed by atoms with Gasteiger partial charge in [0.1, 0.15) is 0 Å². The number of nitrogens with one attached hydrogen (secondary N) is 1. The first-order valence-electron chi connectivity index (χ1n) is 6.02. The maximum absolute atomic E-state index is 11.3. The van der Waals surface area contributed by atoms with E-state index >= 15 is 0 Å². The monoisotopic (exact) mass is 243 g/mol. The second kappa shape index (κ2) is 7.24. The van der Waals surface area contributed by atoms with Gasteiger partial charge in [-0.15, -0.1) is 0 Å². The Hall–Kier alpha value is -1.14. The Morgan fingerprint density at radius 1 is 1.29 bits per heavy atom. The van der Waals surface area contributed by atoms with Crippen molar-refractivity contribution in [3.8, 4) is 0 Å². The van der Waals surface area contributed by atoms with E-state index in [0.717, 1.165) is 25.8 Å². The second-order valence-corrected chi connectivity index (χ2v) is 4.29. The van der Waals surface area contributed by atoms with E-state index in [4.69, 9.17) is 5.11 Å². The van der Waals surface area contributed by atoms with E-state index < -0.39 is 0 Å². The van der Waals surface area contributed by atoms with Crippen molar-refractivity contribution in [1.29, 1.82) is 0 Å². The summed E-state index contributed by atoms with van der Waals surface area (Å²) in [6, 6.07) is -0.288. The number of nitrogens with zero attached hydrogens (tertiary/aromatic N) is 2. The molecule has 0 aliphatic carbocycles. The van der Waals surface area contributed by atoms with Crippen molar-refractivity contribution in [3.05, 3.63) is 0 Å². The van der Waals surface area contributed by atoms with Crippen LogP contribution in [-0.4, -0.2) is 66.7 Å². The minimum absolute atomic E-state index is 0.124. The molecule has 6 heteroatoms. The van der Waals surface area contributed by atoms with Gasteiger partial charge < -0.3 is 15.3 Å². The first-order valence-corrected chi connectivity index (χ1v) is 6.02. The Balaban J connectivity index is 2.12. The Bertz CT molecular complexity index is 255. The maximum atomic E-state index is 11.3. The third-order valence-electron chi connectivity index (χ3n) is 2.84. The third kappa shape index (κ3) is 4.70. The first kappa shape index (κ1) is 13.9. The van der Waals surface area contributed by atoms with Crippen LogP contribution >= 0.6 is 0 Å². The van der Waals surface area contributed by atoms with E-state index in [0.29, 0.717) is 13.1 Å². The number of unbranched alkanes of at least 4 members (excludes halogenated alkanes) is 2. The van der Waals surface area contributed by atoms with E-state index in [9.17, 15) is 9.59 Å². The summed E-state index contributed by atoms with van der Waals surface area (Å²) in [5, 5.41) is 11.1. The highest BCUT2D eigenvalue weighted by Gasteiger charge is 2.27. The molecule has 0 aromatic carbocycles. The van der Waals surface area contributed by atoms with Crippen molar-refractivity contribution >= 4 is 11.9 Å². The summed E-state index contributed by atoms with van der Waals surface area (Å²) in [6.45, 7) is 2.42. The number of rotatable bonds is 8. The van der Waals surface area contributed by atoms with Crippen molar-refractivity contribution < 1.29 is 14.7 Å². The number of imide groups is 1. The van der Waals surface area contributed by atoms with E-state index in [2.05, 4.69) is 10.2 Å². The van der Waals surface area contributed by atoms with Gasteiger partial charge in [-0.25, -0.2) is 4.79 Å². The maximum Gasteiger partial charge on any atom is 0.324 e. The molecule has 0 atom stereocenters. The van der Waals surface area contributed by atoms with Gasteiger partial charge >= 0.3 is 6.03 Å². The van der Waals surface area contributed by atoms with Gasteiger partial charge in [0.15, 0.2) is 0 Å². The number of urea groups is 1. The standard InChI is InChI=1S/C11H21N3O3/c1-13(5-3-2-4-8-15)6-7-14-10(16)9-12-11(14)17/h15H,2-9H2,1H3,(H,12,17). The van der Waals surface area contributed by atoms with Crippen LogP contribution < -0.4 is 5.32 Å². The Kier molecular flexibility index (Phi) is 5.93. The smallest absolute Gasteiger partial charge is 0.324 e. The Morgan fingerprint density at radius 3 is 2.65 bits per heavy atom. The second-order valence-electron chi connectivity index (χ2n) is 4.29. The van der Waals surface area contributed by atoms with Gasteiger partial charge in [0, 0.05) is 19.7 Å². The van der Waals surface area contributed by atoms with Crippen LogP contribution in [0.5, 0.6) is 0 Å². The van der Waals surface area contributed by atoms with Crippen LogP contribution in [0.3, 0.4) is 0 Å². The van der Waals surface area contributed by atoms with Gasteiger partial charge in [-0.3, -0.25) is 9.69 Å². The summed E-state index contributed by atoms with van der Waals surface area (Å²) >= 11 is 0. The molecule has 17 heavy (non-hydrogen) atoms. The normalized spacial score (nSPS) is 15.8. The summed E-state index contributed by atoms with van der Waals surface area (Å²) in [4.78, 5) is 25.9. The highest BCUT2D eigenvalue weighted by molar-refractivity contribution is 6.01. The van der Waals surface area contributed by atoms with Crippen LogP contribution in [0.2, 0.25) is 0 Å². The average molecular weight is 243 g/mol.